The number of carbonyl (C=O) groups excluding carboxylic acids is 2. The van der Waals surface area contributed by atoms with Crippen LogP contribution in [0.5, 0.6) is 0 Å². The van der Waals surface area contributed by atoms with Gasteiger partial charge in [0.2, 0.25) is 5.91 Å². The summed E-state index contributed by atoms with van der Waals surface area (Å²) in [7, 11) is 0. The van der Waals surface area contributed by atoms with Crippen molar-refractivity contribution in [2.24, 2.45) is 0 Å². The van der Waals surface area contributed by atoms with E-state index >= 15 is 0 Å². The number of hydrogen-bond donors (Lipinski definition) is 0. The Balaban J connectivity index is 2.11. The van der Waals surface area contributed by atoms with E-state index < -0.39 is 17.7 Å². The number of piperazine rings is 1. The third kappa shape index (κ3) is 3.68. The largest absolute Gasteiger partial charge is 0.444 e. The molecule has 7 heteroatoms. The Morgan fingerprint density at radius 1 is 1.36 bits per heavy atom. The van der Waals surface area contributed by atoms with Crippen LogP contribution in [0.25, 0.3) is 0 Å². The van der Waals surface area contributed by atoms with Crippen LogP contribution in [-0.2, 0) is 9.53 Å². The molecule has 0 N–H and O–H groups in total. The highest BCUT2D eigenvalue weighted by molar-refractivity contribution is 6.29. The van der Waals surface area contributed by atoms with Crippen LogP contribution >= 0.6 is 11.6 Å². The highest BCUT2D eigenvalue weighted by Crippen LogP contribution is 2.22. The van der Waals surface area contributed by atoms with Crippen LogP contribution in [0.15, 0.2) is 18.3 Å². The fourth-order valence-electron chi connectivity index (χ4n) is 2.22. The molecule has 1 saturated heterocycles. The number of nitrogens with zero attached hydrogens (tertiary/aromatic N) is 3. The van der Waals surface area contributed by atoms with Crippen LogP contribution in [0.3, 0.4) is 0 Å². The molecule has 2 amide bonds. The first-order valence-corrected chi connectivity index (χ1v) is 7.49. The van der Waals surface area contributed by atoms with Crippen LogP contribution in [0.4, 0.5) is 10.5 Å². The zero-order chi connectivity index (χ0) is 16.5. The zero-order valence-corrected chi connectivity index (χ0v) is 13.9. The maximum atomic E-state index is 12.5. The molecule has 1 aliphatic rings. The van der Waals surface area contributed by atoms with Gasteiger partial charge in [0.05, 0.1) is 11.9 Å². The Bertz CT molecular complexity index is 568. The second kappa shape index (κ2) is 6.12. The molecule has 0 aliphatic carbocycles. The molecule has 2 heterocycles. The monoisotopic (exact) mass is 325 g/mol. The molecule has 0 spiro atoms. The molecule has 22 heavy (non-hydrogen) atoms. The molecule has 1 aliphatic heterocycles. The minimum atomic E-state index is -0.586. The smallest absolute Gasteiger partial charge is 0.411 e. The topological polar surface area (TPSA) is 62.7 Å². The maximum Gasteiger partial charge on any atom is 0.411 e. The number of halogens is 1. The van der Waals surface area contributed by atoms with Crippen molar-refractivity contribution in [1.29, 1.82) is 0 Å². The molecule has 2 rings (SSSR count). The lowest BCUT2D eigenvalue weighted by Crippen LogP contribution is -2.58. The summed E-state index contributed by atoms with van der Waals surface area (Å²) in [6.07, 6.45) is 1.08. The van der Waals surface area contributed by atoms with Crippen LogP contribution < -0.4 is 4.90 Å². The molecule has 120 valence electrons. The Labute approximate surface area is 135 Å². The highest BCUT2D eigenvalue weighted by Gasteiger charge is 2.37. The SMILES string of the molecule is C[C@@H]1C(=O)N(c2ccc(Cl)nc2)CCN1C(=O)OC(C)(C)C. The van der Waals surface area contributed by atoms with Gasteiger partial charge in [-0.1, -0.05) is 11.6 Å². The molecule has 0 saturated carbocycles. The standard InChI is InChI=1S/C15H20ClN3O3/c1-10-13(20)19(11-5-6-12(16)17-9-11)8-7-18(10)14(21)22-15(2,3)4/h5-6,9-10H,7-8H2,1-4H3/t10-/m1/s1. The summed E-state index contributed by atoms with van der Waals surface area (Å²) in [6, 6.07) is 2.79. The minimum Gasteiger partial charge on any atom is -0.444 e. The van der Waals surface area contributed by atoms with Crippen molar-refractivity contribution in [2.75, 3.05) is 18.0 Å². The van der Waals surface area contributed by atoms with Crippen molar-refractivity contribution in [3.63, 3.8) is 0 Å². The number of ether oxygens (including phenoxy) is 1. The Kier molecular flexibility index (Phi) is 4.60. The molecule has 1 fully saturated rings. The average molecular weight is 326 g/mol. The van der Waals surface area contributed by atoms with E-state index in [0.29, 0.717) is 23.9 Å². The lowest BCUT2D eigenvalue weighted by atomic mass is 10.1. The third-order valence-electron chi connectivity index (χ3n) is 3.31. The summed E-state index contributed by atoms with van der Waals surface area (Å²) in [4.78, 5) is 31.7. The molecule has 1 aromatic rings. The molecule has 0 bridgehead atoms. The van der Waals surface area contributed by atoms with Gasteiger partial charge < -0.3 is 9.64 Å². The van der Waals surface area contributed by atoms with Crippen LogP contribution in [0.2, 0.25) is 5.15 Å². The van der Waals surface area contributed by atoms with Gasteiger partial charge in [-0.2, -0.15) is 0 Å². The molecule has 1 atom stereocenters. The van der Waals surface area contributed by atoms with Crippen molar-refractivity contribution in [1.82, 2.24) is 9.88 Å². The number of pyridine rings is 1. The lowest BCUT2D eigenvalue weighted by molar-refractivity contribution is -0.125. The Hall–Kier alpha value is -1.82. The molecular weight excluding hydrogens is 306 g/mol. The van der Waals surface area contributed by atoms with Crippen LogP contribution in [0.1, 0.15) is 27.7 Å². The summed E-state index contributed by atoms with van der Waals surface area (Å²) in [5.74, 6) is -0.166. The van der Waals surface area contributed by atoms with E-state index in [0.717, 1.165) is 0 Å². The third-order valence-corrected chi connectivity index (χ3v) is 3.53. The summed E-state index contributed by atoms with van der Waals surface area (Å²) < 4.78 is 5.34. The molecule has 0 radical (unpaired) electrons. The summed E-state index contributed by atoms with van der Waals surface area (Å²) >= 11 is 5.76. The van der Waals surface area contributed by atoms with E-state index in [1.165, 1.54) is 4.90 Å². The Morgan fingerprint density at radius 3 is 2.59 bits per heavy atom. The number of aromatic nitrogens is 1. The quantitative estimate of drug-likeness (QED) is 0.745. The average Bonchev–Trinajstić information content (AvgIpc) is 2.41. The van der Waals surface area contributed by atoms with Gasteiger partial charge >= 0.3 is 6.09 Å². The first-order chi connectivity index (χ1) is 10.2. The number of hydrogen-bond acceptors (Lipinski definition) is 4. The van der Waals surface area contributed by atoms with E-state index in [-0.39, 0.29) is 5.91 Å². The second-order valence-electron chi connectivity index (χ2n) is 6.18. The minimum absolute atomic E-state index is 0.166. The van der Waals surface area contributed by atoms with E-state index in [2.05, 4.69) is 4.98 Å². The maximum absolute atomic E-state index is 12.5. The predicted octanol–water partition coefficient (Wildman–Crippen LogP) is 2.71. The van der Waals surface area contributed by atoms with Crippen molar-refractivity contribution < 1.29 is 14.3 Å². The first-order valence-electron chi connectivity index (χ1n) is 7.11. The van der Waals surface area contributed by atoms with Crippen LogP contribution in [-0.4, -0.2) is 46.6 Å². The van der Waals surface area contributed by atoms with Gasteiger partial charge in [-0.05, 0) is 39.8 Å². The zero-order valence-electron chi connectivity index (χ0n) is 13.2. The van der Waals surface area contributed by atoms with Gasteiger partial charge in [0, 0.05) is 13.1 Å². The van der Waals surface area contributed by atoms with E-state index in [9.17, 15) is 9.59 Å². The normalized spacial score (nSPS) is 19.3. The van der Waals surface area contributed by atoms with Crippen molar-refractivity contribution in [2.45, 2.75) is 39.3 Å². The van der Waals surface area contributed by atoms with Gasteiger partial charge in [0.25, 0.3) is 0 Å². The summed E-state index contributed by atoms with van der Waals surface area (Å²) in [5, 5.41) is 0.372. The number of rotatable bonds is 1. The fourth-order valence-corrected chi connectivity index (χ4v) is 2.34. The van der Waals surface area contributed by atoms with Gasteiger partial charge in [0.15, 0.2) is 0 Å². The van der Waals surface area contributed by atoms with Crippen molar-refractivity contribution in [3.8, 4) is 0 Å². The molecular formula is C15H20ClN3O3. The van der Waals surface area contributed by atoms with Crippen molar-refractivity contribution >= 4 is 29.3 Å². The van der Waals surface area contributed by atoms with Gasteiger partial charge in [-0.25, -0.2) is 9.78 Å². The molecule has 0 aromatic carbocycles. The highest BCUT2D eigenvalue weighted by atomic mass is 35.5. The van der Waals surface area contributed by atoms with E-state index in [1.807, 2.05) is 0 Å². The van der Waals surface area contributed by atoms with Gasteiger partial charge in [-0.3, -0.25) is 9.69 Å². The van der Waals surface area contributed by atoms with E-state index in [4.69, 9.17) is 16.3 Å². The molecule has 6 nitrogen and oxygen atoms in total. The van der Waals surface area contributed by atoms with Gasteiger partial charge in [0.1, 0.15) is 16.8 Å². The van der Waals surface area contributed by atoms with Crippen LogP contribution in [0, 0.1) is 0 Å². The van der Waals surface area contributed by atoms with Crippen molar-refractivity contribution in [3.05, 3.63) is 23.5 Å². The van der Waals surface area contributed by atoms with E-state index in [1.54, 1.807) is 50.9 Å². The molecule has 1 aromatic heterocycles. The number of anilines is 1. The fraction of sp³-hybridized carbons (Fsp3) is 0.533. The molecule has 0 unspecified atom stereocenters. The lowest BCUT2D eigenvalue weighted by Gasteiger charge is -2.39. The predicted molar refractivity (Wildman–Crippen MR) is 84.0 cm³/mol. The summed E-state index contributed by atoms with van der Waals surface area (Å²) in [6.45, 7) is 7.89. The summed E-state index contributed by atoms with van der Waals surface area (Å²) in [5.41, 5.74) is 0.0852. The van der Waals surface area contributed by atoms with Gasteiger partial charge in [-0.15, -0.1) is 0 Å². The number of carbonyl (C=O) groups is 2. The first kappa shape index (κ1) is 16.5. The Morgan fingerprint density at radius 2 is 2.05 bits per heavy atom. The second-order valence-corrected chi connectivity index (χ2v) is 6.57. The number of amides is 2.